The zero-order chi connectivity index (χ0) is 17.8. The van der Waals surface area contributed by atoms with Crippen LogP contribution in [0, 0.1) is 11.8 Å². The first-order valence-electron chi connectivity index (χ1n) is 9.75. The fraction of sp³-hybridized carbons (Fsp3) is 0.455. The van der Waals surface area contributed by atoms with Gasteiger partial charge in [-0.2, -0.15) is 0 Å². The summed E-state index contributed by atoms with van der Waals surface area (Å²) in [5.41, 5.74) is 0. The molecule has 3 aromatic rings. The van der Waals surface area contributed by atoms with Crippen molar-refractivity contribution in [2.75, 3.05) is 6.54 Å². The second kappa shape index (κ2) is 8.83. The number of thiophene rings is 3. The van der Waals surface area contributed by atoms with Gasteiger partial charge < -0.3 is 5.32 Å². The van der Waals surface area contributed by atoms with Gasteiger partial charge in [0.25, 0.3) is 0 Å². The second-order valence-electron chi connectivity index (χ2n) is 7.33. The standard InChI is InChI=1S/C22H27NS3/c1-2-16-5-7-17(8-6-16)14-23-15-18-9-10-21(25-18)22-12-11-20(26-22)19-4-3-13-24-19/h3-4,9-13,16-17,23H,2,5-8,14-15H2,1H3. The third-order valence-electron chi connectivity index (χ3n) is 5.55. The van der Waals surface area contributed by atoms with Crippen LogP contribution in [0.25, 0.3) is 19.5 Å². The maximum absolute atomic E-state index is 3.71. The zero-order valence-corrected chi connectivity index (χ0v) is 17.8. The number of hydrogen-bond donors (Lipinski definition) is 1. The van der Waals surface area contributed by atoms with Gasteiger partial charge in [0.05, 0.1) is 0 Å². The van der Waals surface area contributed by atoms with Crippen molar-refractivity contribution in [1.29, 1.82) is 0 Å². The predicted molar refractivity (Wildman–Crippen MR) is 118 cm³/mol. The number of nitrogens with one attached hydrogen (secondary N) is 1. The molecule has 0 bridgehead atoms. The van der Waals surface area contributed by atoms with Crippen LogP contribution in [0.1, 0.15) is 43.9 Å². The third-order valence-corrected chi connectivity index (χ3v) is 8.98. The normalized spacial score (nSPS) is 20.5. The van der Waals surface area contributed by atoms with Crippen LogP contribution in [-0.2, 0) is 6.54 Å². The maximum atomic E-state index is 3.71. The van der Waals surface area contributed by atoms with Crippen LogP contribution in [0.2, 0.25) is 0 Å². The van der Waals surface area contributed by atoms with Gasteiger partial charge in [-0.15, -0.1) is 34.0 Å². The first kappa shape index (κ1) is 18.4. The molecule has 1 fully saturated rings. The minimum Gasteiger partial charge on any atom is -0.312 e. The molecule has 0 spiro atoms. The Morgan fingerprint density at radius 3 is 2.27 bits per heavy atom. The highest BCUT2D eigenvalue weighted by Crippen LogP contribution is 2.39. The highest BCUT2D eigenvalue weighted by atomic mass is 32.1. The lowest BCUT2D eigenvalue weighted by Gasteiger charge is -2.27. The van der Waals surface area contributed by atoms with E-state index in [4.69, 9.17) is 0 Å². The first-order valence-corrected chi connectivity index (χ1v) is 12.3. The van der Waals surface area contributed by atoms with E-state index in [0.29, 0.717) is 0 Å². The summed E-state index contributed by atoms with van der Waals surface area (Å²) in [5, 5.41) is 5.86. The molecular formula is C22H27NS3. The lowest BCUT2D eigenvalue weighted by Crippen LogP contribution is -2.25. The molecule has 1 saturated carbocycles. The summed E-state index contributed by atoms with van der Waals surface area (Å²) >= 11 is 5.66. The molecule has 0 unspecified atom stereocenters. The van der Waals surface area contributed by atoms with Crippen molar-refractivity contribution in [2.45, 2.75) is 45.6 Å². The van der Waals surface area contributed by atoms with Crippen molar-refractivity contribution in [3.63, 3.8) is 0 Å². The van der Waals surface area contributed by atoms with Gasteiger partial charge in [0.1, 0.15) is 0 Å². The molecule has 1 nitrogen and oxygen atoms in total. The molecule has 0 saturated heterocycles. The van der Waals surface area contributed by atoms with Crippen LogP contribution in [0.15, 0.2) is 41.8 Å². The second-order valence-corrected chi connectivity index (χ2v) is 10.5. The van der Waals surface area contributed by atoms with Gasteiger partial charge >= 0.3 is 0 Å². The van der Waals surface area contributed by atoms with Crippen LogP contribution in [0.5, 0.6) is 0 Å². The fourth-order valence-electron chi connectivity index (χ4n) is 3.87. The molecule has 4 rings (SSSR count). The Bertz CT molecular complexity index is 791. The van der Waals surface area contributed by atoms with E-state index in [2.05, 4.69) is 54.0 Å². The molecule has 1 N–H and O–H groups in total. The molecule has 3 aromatic heterocycles. The van der Waals surface area contributed by atoms with Gasteiger partial charge in [-0.05, 0) is 66.9 Å². The van der Waals surface area contributed by atoms with Gasteiger partial charge in [-0.25, -0.2) is 0 Å². The van der Waals surface area contributed by atoms with Gasteiger partial charge in [0.2, 0.25) is 0 Å². The monoisotopic (exact) mass is 401 g/mol. The Hall–Kier alpha value is -0.940. The summed E-state index contributed by atoms with van der Waals surface area (Å²) in [6.07, 6.45) is 7.09. The zero-order valence-electron chi connectivity index (χ0n) is 15.4. The van der Waals surface area contributed by atoms with E-state index >= 15 is 0 Å². The van der Waals surface area contributed by atoms with Crippen molar-refractivity contribution in [3.05, 3.63) is 46.7 Å². The topological polar surface area (TPSA) is 12.0 Å². The van der Waals surface area contributed by atoms with E-state index < -0.39 is 0 Å². The van der Waals surface area contributed by atoms with E-state index in [0.717, 1.165) is 18.4 Å². The highest BCUT2D eigenvalue weighted by molar-refractivity contribution is 7.26. The van der Waals surface area contributed by atoms with Gasteiger partial charge in [0, 0.05) is 30.9 Å². The lowest BCUT2D eigenvalue weighted by atomic mass is 9.81. The van der Waals surface area contributed by atoms with Crippen molar-refractivity contribution in [3.8, 4) is 19.5 Å². The average molecular weight is 402 g/mol. The van der Waals surface area contributed by atoms with E-state index in [1.54, 1.807) is 0 Å². The minimum atomic E-state index is 0.892. The Morgan fingerprint density at radius 1 is 0.846 bits per heavy atom. The number of hydrogen-bond acceptors (Lipinski definition) is 4. The molecule has 0 atom stereocenters. The lowest BCUT2D eigenvalue weighted by molar-refractivity contribution is 0.262. The summed E-state index contributed by atoms with van der Waals surface area (Å²) < 4.78 is 0. The molecule has 4 heteroatoms. The van der Waals surface area contributed by atoms with Gasteiger partial charge in [-0.1, -0.05) is 32.3 Å². The SMILES string of the molecule is CCC1CCC(CNCc2ccc(-c3ccc(-c4cccs4)s3)s2)CC1. The molecule has 26 heavy (non-hydrogen) atoms. The van der Waals surface area contributed by atoms with Crippen LogP contribution >= 0.6 is 34.0 Å². The molecule has 0 aromatic carbocycles. The fourth-order valence-corrected chi connectivity index (χ4v) is 6.78. The Kier molecular flexibility index (Phi) is 6.26. The summed E-state index contributed by atoms with van der Waals surface area (Å²) in [7, 11) is 0. The molecular weight excluding hydrogens is 374 g/mol. The third kappa shape index (κ3) is 4.48. The van der Waals surface area contributed by atoms with Gasteiger partial charge in [-0.3, -0.25) is 0 Å². The predicted octanol–water partition coefficient (Wildman–Crippen LogP) is 7.51. The molecule has 1 aliphatic carbocycles. The van der Waals surface area contributed by atoms with Crippen LogP contribution in [-0.4, -0.2) is 6.54 Å². The summed E-state index contributed by atoms with van der Waals surface area (Å²) in [6.45, 7) is 4.54. The smallest absolute Gasteiger partial charge is 0.0449 e. The highest BCUT2D eigenvalue weighted by Gasteiger charge is 2.19. The van der Waals surface area contributed by atoms with E-state index in [-0.39, 0.29) is 0 Å². The minimum absolute atomic E-state index is 0.892. The van der Waals surface area contributed by atoms with E-state index in [1.165, 1.54) is 63.0 Å². The molecule has 3 heterocycles. The van der Waals surface area contributed by atoms with E-state index in [1.807, 2.05) is 34.0 Å². The van der Waals surface area contributed by atoms with Crippen molar-refractivity contribution >= 4 is 34.0 Å². The van der Waals surface area contributed by atoms with Crippen LogP contribution < -0.4 is 5.32 Å². The largest absolute Gasteiger partial charge is 0.312 e. The molecule has 0 aliphatic heterocycles. The van der Waals surface area contributed by atoms with Crippen molar-refractivity contribution in [1.82, 2.24) is 5.32 Å². The van der Waals surface area contributed by atoms with Crippen molar-refractivity contribution in [2.24, 2.45) is 11.8 Å². The summed E-state index contributed by atoms with van der Waals surface area (Å²) in [4.78, 5) is 7.00. The van der Waals surface area contributed by atoms with E-state index in [9.17, 15) is 0 Å². The first-order chi connectivity index (χ1) is 12.8. The summed E-state index contributed by atoms with van der Waals surface area (Å²) in [5.74, 6) is 1.89. The molecule has 1 aliphatic rings. The summed E-state index contributed by atoms with van der Waals surface area (Å²) in [6, 6.07) is 13.5. The maximum Gasteiger partial charge on any atom is 0.0449 e. The number of rotatable bonds is 7. The van der Waals surface area contributed by atoms with Crippen LogP contribution in [0.4, 0.5) is 0 Å². The van der Waals surface area contributed by atoms with Crippen LogP contribution in [0.3, 0.4) is 0 Å². The van der Waals surface area contributed by atoms with Gasteiger partial charge in [0.15, 0.2) is 0 Å². The van der Waals surface area contributed by atoms with Crippen molar-refractivity contribution < 1.29 is 0 Å². The Morgan fingerprint density at radius 2 is 1.54 bits per heavy atom. The molecule has 138 valence electrons. The average Bonchev–Trinajstić information content (AvgIpc) is 3.42. The Balaban J connectivity index is 1.28. The quantitative estimate of drug-likeness (QED) is 0.432. The Labute approximate surface area is 169 Å². The molecule has 0 amide bonds. The molecule has 0 radical (unpaired) electrons.